The average Bonchev–Trinajstić information content (AvgIpc) is 2.00. The highest BCUT2D eigenvalue weighted by Gasteiger charge is 2.44. The first-order valence-electron chi connectivity index (χ1n) is 3.82. The smallest absolute Gasteiger partial charge is 0.282 e. The first-order chi connectivity index (χ1) is 6.07. The van der Waals surface area contributed by atoms with E-state index in [1.54, 1.807) is 0 Å². The van der Waals surface area contributed by atoms with Crippen LogP contribution in [0.3, 0.4) is 0 Å². The summed E-state index contributed by atoms with van der Waals surface area (Å²) in [6.45, 7) is -0.743. The molecular formula is C8H7F3N2. The molecule has 0 unspecified atom stereocenters. The minimum atomic E-state index is -2.64. The third kappa shape index (κ3) is 1.59. The fraction of sp³-hybridized carbons (Fsp3) is 0.375. The van der Waals surface area contributed by atoms with Crippen molar-refractivity contribution < 1.29 is 13.2 Å². The Kier molecular flexibility index (Phi) is 1.68. The largest absolute Gasteiger partial charge is 0.344 e. The standard InChI is InChI=1S/C8H7F3N2/c9-6-2-1-3-7(12-6)13-4-8(10,11)5-13/h1-3H,4-5H2. The van der Waals surface area contributed by atoms with Crippen molar-refractivity contribution >= 4 is 5.82 Å². The van der Waals surface area contributed by atoms with Gasteiger partial charge in [-0.15, -0.1) is 0 Å². The fourth-order valence-corrected chi connectivity index (χ4v) is 1.25. The van der Waals surface area contributed by atoms with E-state index < -0.39 is 11.9 Å². The van der Waals surface area contributed by atoms with Gasteiger partial charge in [0.2, 0.25) is 5.95 Å². The van der Waals surface area contributed by atoms with Gasteiger partial charge in [0.15, 0.2) is 0 Å². The fourth-order valence-electron chi connectivity index (χ4n) is 1.25. The highest BCUT2D eigenvalue weighted by molar-refractivity contribution is 5.42. The Labute approximate surface area is 73.0 Å². The molecule has 0 amide bonds. The summed E-state index contributed by atoms with van der Waals surface area (Å²) in [5.74, 6) is -3.02. The molecule has 5 heteroatoms. The number of pyridine rings is 1. The number of hydrogen-bond donors (Lipinski definition) is 0. The van der Waals surface area contributed by atoms with Gasteiger partial charge in [0.25, 0.3) is 5.92 Å². The van der Waals surface area contributed by atoms with Crippen molar-refractivity contribution in [3.8, 4) is 0 Å². The van der Waals surface area contributed by atoms with Crippen LogP contribution in [-0.2, 0) is 0 Å². The van der Waals surface area contributed by atoms with Crippen LogP contribution in [0.5, 0.6) is 0 Å². The predicted octanol–water partition coefficient (Wildman–Crippen LogP) is 1.68. The second-order valence-corrected chi connectivity index (χ2v) is 3.03. The Morgan fingerprint density at radius 1 is 1.31 bits per heavy atom. The summed E-state index contributed by atoms with van der Waals surface area (Å²) in [6.07, 6.45) is 0. The van der Waals surface area contributed by atoms with E-state index in [2.05, 4.69) is 4.98 Å². The molecule has 1 saturated heterocycles. The first kappa shape index (κ1) is 8.34. The summed E-state index contributed by atoms with van der Waals surface area (Å²) in [5, 5.41) is 0. The maximum absolute atomic E-state index is 12.6. The third-order valence-corrected chi connectivity index (χ3v) is 1.87. The summed E-state index contributed by atoms with van der Waals surface area (Å²) >= 11 is 0. The average molecular weight is 188 g/mol. The number of aromatic nitrogens is 1. The molecule has 1 aromatic rings. The van der Waals surface area contributed by atoms with Crippen LogP contribution in [0.15, 0.2) is 18.2 Å². The van der Waals surface area contributed by atoms with Gasteiger partial charge in [-0.05, 0) is 12.1 Å². The van der Waals surface area contributed by atoms with Crippen molar-refractivity contribution in [2.24, 2.45) is 0 Å². The Morgan fingerprint density at radius 3 is 2.54 bits per heavy atom. The SMILES string of the molecule is Fc1cccc(N2CC(F)(F)C2)n1. The molecule has 2 nitrogen and oxygen atoms in total. The quantitative estimate of drug-likeness (QED) is 0.623. The Morgan fingerprint density at radius 2 is 2.00 bits per heavy atom. The normalized spacial score (nSPS) is 19.8. The monoisotopic (exact) mass is 188 g/mol. The van der Waals surface area contributed by atoms with E-state index in [9.17, 15) is 13.2 Å². The molecule has 1 aromatic heterocycles. The van der Waals surface area contributed by atoms with Crippen LogP contribution in [0, 0.1) is 5.95 Å². The van der Waals surface area contributed by atoms with Gasteiger partial charge in [-0.1, -0.05) is 6.07 Å². The Hall–Kier alpha value is -1.26. The number of hydrogen-bond acceptors (Lipinski definition) is 2. The predicted molar refractivity (Wildman–Crippen MR) is 41.4 cm³/mol. The molecule has 13 heavy (non-hydrogen) atoms. The van der Waals surface area contributed by atoms with Crippen molar-refractivity contribution in [3.05, 3.63) is 24.1 Å². The van der Waals surface area contributed by atoms with E-state index in [4.69, 9.17) is 0 Å². The Balaban J connectivity index is 2.11. The van der Waals surface area contributed by atoms with Crippen molar-refractivity contribution in [2.75, 3.05) is 18.0 Å². The lowest BCUT2D eigenvalue weighted by Crippen LogP contribution is -2.56. The summed E-state index contributed by atoms with van der Waals surface area (Å²) in [5.41, 5.74) is 0. The molecule has 0 aromatic carbocycles. The summed E-state index contributed by atoms with van der Waals surface area (Å²) in [7, 11) is 0. The van der Waals surface area contributed by atoms with Gasteiger partial charge in [-0.2, -0.15) is 4.39 Å². The Bertz CT molecular complexity index is 319. The minimum absolute atomic E-state index is 0.269. The van der Waals surface area contributed by atoms with Crippen molar-refractivity contribution in [1.29, 1.82) is 0 Å². The highest BCUT2D eigenvalue weighted by Crippen LogP contribution is 2.30. The number of anilines is 1. The zero-order valence-electron chi connectivity index (χ0n) is 6.67. The molecule has 1 fully saturated rings. The van der Waals surface area contributed by atoms with E-state index in [0.717, 1.165) is 0 Å². The molecule has 1 aliphatic rings. The third-order valence-electron chi connectivity index (χ3n) is 1.87. The summed E-state index contributed by atoms with van der Waals surface area (Å²) < 4.78 is 37.4. The molecule has 0 bridgehead atoms. The topological polar surface area (TPSA) is 16.1 Å². The number of rotatable bonds is 1. The highest BCUT2D eigenvalue weighted by atomic mass is 19.3. The molecule has 0 N–H and O–H groups in total. The molecule has 2 rings (SSSR count). The van der Waals surface area contributed by atoms with Crippen molar-refractivity contribution in [1.82, 2.24) is 4.98 Å². The van der Waals surface area contributed by atoms with Crippen LogP contribution in [0.25, 0.3) is 0 Å². The van der Waals surface area contributed by atoms with Crippen LogP contribution in [-0.4, -0.2) is 24.0 Å². The second kappa shape index (κ2) is 2.61. The van der Waals surface area contributed by atoms with Gasteiger partial charge in [-0.25, -0.2) is 13.8 Å². The summed E-state index contributed by atoms with van der Waals surface area (Å²) in [6, 6.07) is 4.15. The zero-order chi connectivity index (χ0) is 9.47. The van der Waals surface area contributed by atoms with Crippen LogP contribution in [0.4, 0.5) is 19.0 Å². The van der Waals surface area contributed by atoms with E-state index in [1.165, 1.54) is 23.1 Å². The molecule has 0 aliphatic carbocycles. The van der Waals surface area contributed by atoms with E-state index in [1.807, 2.05) is 0 Å². The maximum Gasteiger partial charge on any atom is 0.282 e. The first-order valence-corrected chi connectivity index (χ1v) is 3.82. The van der Waals surface area contributed by atoms with E-state index in [-0.39, 0.29) is 18.9 Å². The molecule has 0 radical (unpaired) electrons. The second-order valence-electron chi connectivity index (χ2n) is 3.03. The molecule has 0 saturated carbocycles. The lowest BCUT2D eigenvalue weighted by atomic mass is 10.1. The molecule has 0 atom stereocenters. The molecule has 2 heterocycles. The van der Waals surface area contributed by atoms with Gasteiger partial charge in [0.1, 0.15) is 5.82 Å². The molecular weight excluding hydrogens is 181 g/mol. The van der Waals surface area contributed by atoms with Crippen molar-refractivity contribution in [2.45, 2.75) is 5.92 Å². The zero-order valence-corrected chi connectivity index (χ0v) is 6.67. The van der Waals surface area contributed by atoms with Gasteiger partial charge in [0, 0.05) is 0 Å². The lowest BCUT2D eigenvalue weighted by molar-refractivity contribution is -0.0267. The molecule has 70 valence electrons. The van der Waals surface area contributed by atoms with Gasteiger partial charge < -0.3 is 4.90 Å². The van der Waals surface area contributed by atoms with Crippen LogP contribution in [0.2, 0.25) is 0 Å². The summed E-state index contributed by atoms with van der Waals surface area (Å²) in [4.78, 5) is 4.82. The van der Waals surface area contributed by atoms with Gasteiger partial charge in [0.05, 0.1) is 13.1 Å². The van der Waals surface area contributed by atoms with Gasteiger partial charge in [-0.3, -0.25) is 0 Å². The van der Waals surface area contributed by atoms with E-state index in [0.29, 0.717) is 0 Å². The van der Waals surface area contributed by atoms with Gasteiger partial charge >= 0.3 is 0 Å². The van der Waals surface area contributed by atoms with Crippen LogP contribution < -0.4 is 4.90 Å². The molecule has 1 aliphatic heterocycles. The van der Waals surface area contributed by atoms with Crippen LogP contribution >= 0.6 is 0 Å². The molecule has 0 spiro atoms. The van der Waals surface area contributed by atoms with Crippen LogP contribution in [0.1, 0.15) is 0 Å². The number of nitrogens with zero attached hydrogens (tertiary/aromatic N) is 2. The van der Waals surface area contributed by atoms with Crippen molar-refractivity contribution in [3.63, 3.8) is 0 Å². The maximum atomic E-state index is 12.6. The minimum Gasteiger partial charge on any atom is -0.344 e. The van der Waals surface area contributed by atoms with E-state index >= 15 is 0 Å². The lowest BCUT2D eigenvalue weighted by Gasteiger charge is -2.39. The number of alkyl halides is 2. The number of halogens is 3.